The summed E-state index contributed by atoms with van der Waals surface area (Å²) in [7, 11) is 1.74. The quantitative estimate of drug-likeness (QED) is 0.773. The average molecular weight is 243 g/mol. The van der Waals surface area contributed by atoms with Gasteiger partial charge in [0.05, 0.1) is 6.10 Å². The SMILES string of the molecule is COC(C)CN1CCCC(C(C)CC(=O)O)C1. The molecule has 1 aliphatic rings. The number of aliphatic carboxylic acids is 1. The molecule has 4 heteroatoms. The molecule has 1 rings (SSSR count). The summed E-state index contributed by atoms with van der Waals surface area (Å²) in [5.74, 6) is 0.108. The fourth-order valence-corrected chi connectivity index (χ4v) is 2.60. The van der Waals surface area contributed by atoms with E-state index in [-0.39, 0.29) is 12.0 Å². The predicted molar refractivity (Wildman–Crippen MR) is 67.1 cm³/mol. The summed E-state index contributed by atoms with van der Waals surface area (Å²) >= 11 is 0. The molecular weight excluding hydrogens is 218 g/mol. The number of nitrogens with zero attached hydrogens (tertiary/aromatic N) is 1. The maximum atomic E-state index is 10.7. The van der Waals surface area contributed by atoms with Crippen LogP contribution < -0.4 is 0 Å². The van der Waals surface area contributed by atoms with Crippen LogP contribution in [0.5, 0.6) is 0 Å². The summed E-state index contributed by atoms with van der Waals surface area (Å²) in [6, 6.07) is 0. The minimum absolute atomic E-state index is 0.253. The number of carboxylic acid groups (broad SMARTS) is 1. The summed E-state index contributed by atoms with van der Waals surface area (Å²) in [6.45, 7) is 7.21. The van der Waals surface area contributed by atoms with Crippen molar-refractivity contribution in [2.24, 2.45) is 11.8 Å². The van der Waals surface area contributed by atoms with Crippen LogP contribution in [0.3, 0.4) is 0 Å². The first-order chi connectivity index (χ1) is 8.02. The summed E-state index contributed by atoms with van der Waals surface area (Å²) < 4.78 is 5.28. The predicted octanol–water partition coefficient (Wildman–Crippen LogP) is 1.84. The Morgan fingerprint density at radius 1 is 1.53 bits per heavy atom. The van der Waals surface area contributed by atoms with Gasteiger partial charge in [0.15, 0.2) is 0 Å². The van der Waals surface area contributed by atoms with Crippen LogP contribution in [0.1, 0.15) is 33.1 Å². The third-order valence-corrected chi connectivity index (χ3v) is 3.76. The largest absolute Gasteiger partial charge is 0.481 e. The van der Waals surface area contributed by atoms with E-state index < -0.39 is 5.97 Å². The molecule has 0 spiro atoms. The van der Waals surface area contributed by atoms with E-state index in [9.17, 15) is 4.79 Å². The fraction of sp³-hybridized carbons (Fsp3) is 0.923. The summed E-state index contributed by atoms with van der Waals surface area (Å²) in [5, 5.41) is 8.83. The lowest BCUT2D eigenvalue weighted by Gasteiger charge is -2.36. The molecule has 0 saturated carbocycles. The zero-order valence-electron chi connectivity index (χ0n) is 11.2. The first-order valence-electron chi connectivity index (χ1n) is 6.49. The van der Waals surface area contributed by atoms with Gasteiger partial charge in [0.1, 0.15) is 0 Å². The molecule has 0 radical (unpaired) electrons. The van der Waals surface area contributed by atoms with Crippen molar-refractivity contribution >= 4 is 5.97 Å². The molecule has 4 nitrogen and oxygen atoms in total. The van der Waals surface area contributed by atoms with Gasteiger partial charge < -0.3 is 14.7 Å². The average Bonchev–Trinajstić information content (AvgIpc) is 2.28. The van der Waals surface area contributed by atoms with Crippen LogP contribution in [0.4, 0.5) is 0 Å². The highest BCUT2D eigenvalue weighted by Crippen LogP contribution is 2.26. The highest BCUT2D eigenvalue weighted by molar-refractivity contribution is 5.66. The van der Waals surface area contributed by atoms with Crippen molar-refractivity contribution < 1.29 is 14.6 Å². The van der Waals surface area contributed by atoms with Crippen LogP contribution in [0.25, 0.3) is 0 Å². The number of ether oxygens (including phenoxy) is 1. The molecular formula is C13H25NO3. The summed E-state index contributed by atoms with van der Waals surface area (Å²) in [4.78, 5) is 13.1. The van der Waals surface area contributed by atoms with Crippen LogP contribution in [0.15, 0.2) is 0 Å². The normalized spacial score (nSPS) is 25.5. The Kier molecular flexibility index (Phi) is 5.92. The number of hydrogen-bond donors (Lipinski definition) is 1. The van der Waals surface area contributed by atoms with Gasteiger partial charge in [-0.3, -0.25) is 4.79 Å². The third-order valence-electron chi connectivity index (χ3n) is 3.76. The molecule has 0 aromatic rings. The van der Waals surface area contributed by atoms with Crippen molar-refractivity contribution in [3.63, 3.8) is 0 Å². The summed E-state index contributed by atoms with van der Waals surface area (Å²) in [6.07, 6.45) is 2.87. The highest BCUT2D eigenvalue weighted by Gasteiger charge is 2.26. The van der Waals surface area contributed by atoms with E-state index in [1.807, 2.05) is 0 Å². The molecule has 1 saturated heterocycles. The number of likely N-dealkylation sites (tertiary alicyclic amines) is 1. The molecule has 0 amide bonds. The van der Waals surface area contributed by atoms with Gasteiger partial charge in [-0.05, 0) is 38.1 Å². The molecule has 0 aromatic carbocycles. The van der Waals surface area contributed by atoms with E-state index >= 15 is 0 Å². The van der Waals surface area contributed by atoms with Gasteiger partial charge >= 0.3 is 5.97 Å². The molecule has 3 atom stereocenters. The second kappa shape index (κ2) is 6.97. The molecule has 0 bridgehead atoms. The Labute approximate surface area is 104 Å². The van der Waals surface area contributed by atoms with E-state index in [0.29, 0.717) is 12.3 Å². The first kappa shape index (κ1) is 14.5. The summed E-state index contributed by atoms with van der Waals surface area (Å²) in [5.41, 5.74) is 0. The molecule has 1 fully saturated rings. The Hall–Kier alpha value is -0.610. The van der Waals surface area contributed by atoms with Crippen LogP contribution >= 0.6 is 0 Å². The van der Waals surface area contributed by atoms with E-state index in [1.54, 1.807) is 7.11 Å². The van der Waals surface area contributed by atoms with Gasteiger partial charge in [-0.25, -0.2) is 0 Å². The van der Waals surface area contributed by atoms with E-state index in [4.69, 9.17) is 9.84 Å². The highest BCUT2D eigenvalue weighted by atomic mass is 16.5. The van der Waals surface area contributed by atoms with Crippen molar-refractivity contribution in [3.05, 3.63) is 0 Å². The van der Waals surface area contributed by atoms with Gasteiger partial charge in [-0.1, -0.05) is 6.92 Å². The number of hydrogen-bond acceptors (Lipinski definition) is 3. The van der Waals surface area contributed by atoms with Crippen molar-refractivity contribution in [1.82, 2.24) is 4.90 Å². The zero-order valence-corrected chi connectivity index (χ0v) is 11.2. The van der Waals surface area contributed by atoms with Gasteiger partial charge in [-0.2, -0.15) is 0 Å². The second-order valence-corrected chi connectivity index (χ2v) is 5.28. The minimum Gasteiger partial charge on any atom is -0.481 e. The zero-order chi connectivity index (χ0) is 12.8. The topological polar surface area (TPSA) is 49.8 Å². The smallest absolute Gasteiger partial charge is 0.303 e. The van der Waals surface area contributed by atoms with Gasteiger partial charge in [0.2, 0.25) is 0 Å². The Morgan fingerprint density at radius 3 is 2.82 bits per heavy atom. The molecule has 0 aromatic heterocycles. The standard InChI is InChI=1S/C13H25NO3/c1-10(7-13(15)16)12-5-4-6-14(9-12)8-11(2)17-3/h10-12H,4-9H2,1-3H3,(H,15,16). The van der Waals surface area contributed by atoms with Crippen molar-refractivity contribution in [1.29, 1.82) is 0 Å². The maximum Gasteiger partial charge on any atom is 0.303 e. The van der Waals surface area contributed by atoms with Crippen molar-refractivity contribution in [3.8, 4) is 0 Å². The lowest BCUT2D eigenvalue weighted by Crippen LogP contribution is -2.41. The number of carbonyl (C=O) groups is 1. The van der Waals surface area contributed by atoms with Crippen molar-refractivity contribution in [2.75, 3.05) is 26.7 Å². The van der Waals surface area contributed by atoms with Gasteiger partial charge in [0.25, 0.3) is 0 Å². The number of carboxylic acids is 1. The van der Waals surface area contributed by atoms with Crippen molar-refractivity contribution in [2.45, 2.75) is 39.2 Å². The molecule has 1 heterocycles. The third kappa shape index (κ3) is 5.04. The van der Waals surface area contributed by atoms with Gasteiger partial charge in [-0.15, -0.1) is 0 Å². The molecule has 17 heavy (non-hydrogen) atoms. The fourth-order valence-electron chi connectivity index (χ4n) is 2.60. The number of piperidine rings is 1. The van der Waals surface area contributed by atoms with Crippen LogP contribution in [0.2, 0.25) is 0 Å². The molecule has 3 unspecified atom stereocenters. The lowest BCUT2D eigenvalue weighted by molar-refractivity contribution is -0.138. The molecule has 100 valence electrons. The lowest BCUT2D eigenvalue weighted by atomic mass is 9.84. The first-order valence-corrected chi connectivity index (χ1v) is 6.49. The van der Waals surface area contributed by atoms with E-state index in [2.05, 4.69) is 18.7 Å². The Bertz CT molecular complexity index is 245. The number of methoxy groups -OCH3 is 1. The van der Waals surface area contributed by atoms with Crippen LogP contribution in [0, 0.1) is 11.8 Å². The van der Waals surface area contributed by atoms with E-state index in [0.717, 1.165) is 26.1 Å². The Balaban J connectivity index is 2.40. The minimum atomic E-state index is -0.681. The van der Waals surface area contributed by atoms with Crippen LogP contribution in [-0.2, 0) is 9.53 Å². The monoisotopic (exact) mass is 243 g/mol. The maximum absolute atomic E-state index is 10.7. The second-order valence-electron chi connectivity index (χ2n) is 5.28. The Morgan fingerprint density at radius 2 is 2.24 bits per heavy atom. The molecule has 0 aliphatic carbocycles. The molecule has 1 aliphatic heterocycles. The van der Waals surface area contributed by atoms with Crippen LogP contribution in [-0.4, -0.2) is 48.8 Å². The molecule has 1 N–H and O–H groups in total. The number of rotatable bonds is 6. The van der Waals surface area contributed by atoms with E-state index in [1.165, 1.54) is 6.42 Å². The van der Waals surface area contributed by atoms with Gasteiger partial charge in [0, 0.05) is 26.6 Å².